The van der Waals surface area contributed by atoms with E-state index in [4.69, 9.17) is 4.84 Å². The van der Waals surface area contributed by atoms with Crippen molar-refractivity contribution >= 4 is 33.4 Å². The molecule has 1 atom stereocenters. The Morgan fingerprint density at radius 2 is 1.79 bits per heavy atom. The first-order valence-electron chi connectivity index (χ1n) is 10.4. The Hall–Kier alpha value is -3.18. The predicted octanol–water partition coefficient (Wildman–Crippen LogP) is 2.74. The summed E-state index contributed by atoms with van der Waals surface area (Å²) >= 11 is 1.12. The summed E-state index contributed by atoms with van der Waals surface area (Å²) in [4.78, 5) is 62.5. The number of aromatic carboxylic acids is 1. The summed E-state index contributed by atoms with van der Waals surface area (Å²) in [5, 5.41) is 11.0. The Balaban J connectivity index is 2.49. The fraction of sp³-hybridized carbons (Fsp3) is 0.455. The van der Waals surface area contributed by atoms with Crippen molar-refractivity contribution in [3.05, 3.63) is 53.8 Å². The van der Waals surface area contributed by atoms with E-state index in [0.717, 1.165) is 21.0 Å². The number of hydroxylamine groups is 2. The number of hydrogen-bond donors (Lipinski definition) is 3. The second kappa shape index (κ2) is 8.99. The van der Waals surface area contributed by atoms with E-state index in [2.05, 4.69) is 9.97 Å². The third-order valence-corrected chi connectivity index (χ3v) is 6.98. The van der Waals surface area contributed by atoms with Crippen LogP contribution in [0.3, 0.4) is 0 Å². The van der Waals surface area contributed by atoms with Crippen LogP contribution in [0.1, 0.15) is 68.7 Å². The standard InChI is InChI=1S/C22H28N4O6S/c1-9(2)8-12(13-10(3)23-11(4)14(13)21(29)30)17-15(20(28)26(6)32-7)16-18(33-17)24-22(31)25(5)19(16)27/h9,12,23H,8H2,1-7H3,(H,24,31)(H,29,30). The lowest BCUT2D eigenvalue weighted by Gasteiger charge is -2.22. The summed E-state index contributed by atoms with van der Waals surface area (Å²) in [7, 11) is 4.09. The van der Waals surface area contributed by atoms with Gasteiger partial charge in [-0.3, -0.25) is 24.0 Å². The van der Waals surface area contributed by atoms with Crippen molar-refractivity contribution in [2.75, 3.05) is 14.2 Å². The average Bonchev–Trinajstić information content (AvgIpc) is 3.25. The Bertz CT molecular complexity index is 1360. The number of fused-ring (bicyclic) bond motifs is 1. The van der Waals surface area contributed by atoms with E-state index < -0.39 is 29.0 Å². The van der Waals surface area contributed by atoms with Crippen molar-refractivity contribution < 1.29 is 19.5 Å². The predicted molar refractivity (Wildman–Crippen MR) is 125 cm³/mol. The molecule has 3 aromatic rings. The van der Waals surface area contributed by atoms with E-state index in [9.17, 15) is 24.3 Å². The normalized spacial score (nSPS) is 12.5. The van der Waals surface area contributed by atoms with Crippen molar-refractivity contribution in [3.63, 3.8) is 0 Å². The third kappa shape index (κ3) is 4.13. The number of carboxylic acid groups (broad SMARTS) is 1. The molecule has 0 fully saturated rings. The summed E-state index contributed by atoms with van der Waals surface area (Å²) < 4.78 is 0.911. The molecule has 3 aromatic heterocycles. The van der Waals surface area contributed by atoms with Gasteiger partial charge in [0.1, 0.15) is 4.83 Å². The van der Waals surface area contributed by atoms with Crippen molar-refractivity contribution in [1.29, 1.82) is 0 Å². The Morgan fingerprint density at radius 1 is 1.15 bits per heavy atom. The molecule has 0 radical (unpaired) electrons. The number of nitrogens with one attached hydrogen (secondary N) is 2. The van der Waals surface area contributed by atoms with Crippen LogP contribution in [0.25, 0.3) is 10.2 Å². The largest absolute Gasteiger partial charge is 0.478 e. The molecule has 0 aliphatic rings. The first-order chi connectivity index (χ1) is 15.4. The number of thiophene rings is 1. The Kier molecular flexibility index (Phi) is 6.66. The van der Waals surface area contributed by atoms with Gasteiger partial charge in [0.25, 0.3) is 11.5 Å². The number of H-pyrrole nitrogens is 2. The second-order valence-corrected chi connectivity index (χ2v) is 9.53. The number of rotatable bonds is 7. The van der Waals surface area contributed by atoms with Crippen LogP contribution in [0.2, 0.25) is 0 Å². The molecule has 3 rings (SSSR count). The zero-order valence-electron chi connectivity index (χ0n) is 19.7. The number of carboxylic acids is 1. The van der Waals surface area contributed by atoms with Crippen LogP contribution in [-0.4, -0.2) is 50.7 Å². The molecule has 0 saturated carbocycles. The Labute approximate surface area is 193 Å². The molecule has 11 heteroatoms. The first kappa shape index (κ1) is 24.5. The SMILES string of the molecule is CON(C)C(=O)c1c(C(CC(C)C)c2c(C)[nH]c(C)c2C(=O)O)sc2[nH]c(=O)n(C)c(=O)c12. The monoisotopic (exact) mass is 476 g/mol. The van der Waals surface area contributed by atoms with Gasteiger partial charge in [0.15, 0.2) is 0 Å². The maximum atomic E-state index is 13.4. The smallest absolute Gasteiger partial charge is 0.337 e. The van der Waals surface area contributed by atoms with E-state index in [1.54, 1.807) is 13.8 Å². The molecular weight excluding hydrogens is 448 g/mol. The number of carbonyl (C=O) groups excluding carboxylic acids is 1. The highest BCUT2D eigenvalue weighted by atomic mass is 32.1. The summed E-state index contributed by atoms with van der Waals surface area (Å²) in [6.07, 6.45) is 0.521. The lowest BCUT2D eigenvalue weighted by Crippen LogP contribution is -2.34. The highest BCUT2D eigenvalue weighted by molar-refractivity contribution is 7.19. The maximum absolute atomic E-state index is 13.4. The van der Waals surface area contributed by atoms with E-state index in [1.807, 2.05) is 13.8 Å². The number of aromatic amines is 2. The van der Waals surface area contributed by atoms with E-state index in [-0.39, 0.29) is 27.3 Å². The molecule has 10 nitrogen and oxygen atoms in total. The van der Waals surface area contributed by atoms with Gasteiger partial charge >= 0.3 is 11.7 Å². The van der Waals surface area contributed by atoms with Gasteiger partial charge in [0.05, 0.1) is 23.6 Å². The fourth-order valence-corrected chi connectivity index (χ4v) is 5.52. The molecule has 0 saturated heterocycles. The average molecular weight is 477 g/mol. The van der Waals surface area contributed by atoms with E-state index in [0.29, 0.717) is 28.2 Å². The summed E-state index contributed by atoms with van der Waals surface area (Å²) in [6, 6.07) is 0. The molecule has 0 spiro atoms. The lowest BCUT2D eigenvalue weighted by molar-refractivity contribution is -0.0756. The summed E-state index contributed by atoms with van der Waals surface area (Å²) in [5.74, 6) is -2.00. The molecule has 0 aliphatic heterocycles. The maximum Gasteiger partial charge on any atom is 0.337 e. The van der Waals surface area contributed by atoms with Crippen LogP contribution >= 0.6 is 11.3 Å². The molecule has 3 N–H and O–H groups in total. The summed E-state index contributed by atoms with van der Waals surface area (Å²) in [5.41, 5.74) is 0.803. The number of hydrogen-bond acceptors (Lipinski definition) is 6. The molecule has 0 aliphatic carbocycles. The van der Waals surface area contributed by atoms with Gasteiger partial charge in [-0.2, -0.15) is 0 Å². The second-order valence-electron chi connectivity index (χ2n) is 8.48. The van der Waals surface area contributed by atoms with Crippen molar-refractivity contribution in [3.8, 4) is 0 Å². The highest BCUT2D eigenvalue weighted by Gasteiger charge is 2.34. The summed E-state index contributed by atoms with van der Waals surface area (Å²) in [6.45, 7) is 7.48. The zero-order valence-corrected chi connectivity index (χ0v) is 20.5. The van der Waals surface area contributed by atoms with Gasteiger partial charge < -0.3 is 10.1 Å². The number of amides is 1. The minimum absolute atomic E-state index is 0.0848. The molecule has 1 unspecified atom stereocenters. The van der Waals surface area contributed by atoms with Crippen molar-refractivity contribution in [2.45, 2.75) is 40.0 Å². The minimum Gasteiger partial charge on any atom is -0.478 e. The topological polar surface area (TPSA) is 137 Å². The van der Waals surface area contributed by atoms with Crippen LogP contribution in [-0.2, 0) is 11.9 Å². The third-order valence-electron chi connectivity index (χ3n) is 5.76. The lowest BCUT2D eigenvalue weighted by atomic mass is 9.84. The number of nitrogens with zero attached hydrogens (tertiary/aromatic N) is 2. The highest BCUT2D eigenvalue weighted by Crippen LogP contribution is 2.43. The van der Waals surface area contributed by atoms with Gasteiger partial charge in [-0.1, -0.05) is 13.8 Å². The van der Waals surface area contributed by atoms with Gasteiger partial charge in [-0.05, 0) is 31.7 Å². The van der Waals surface area contributed by atoms with Crippen molar-refractivity contribution in [1.82, 2.24) is 19.6 Å². The van der Waals surface area contributed by atoms with Crippen LogP contribution in [0.4, 0.5) is 0 Å². The van der Waals surface area contributed by atoms with Gasteiger partial charge in [-0.15, -0.1) is 11.3 Å². The number of aromatic nitrogens is 3. The number of carbonyl (C=O) groups is 2. The van der Waals surface area contributed by atoms with Gasteiger partial charge in [-0.25, -0.2) is 14.7 Å². The first-order valence-corrected chi connectivity index (χ1v) is 11.2. The molecular formula is C22H28N4O6S. The van der Waals surface area contributed by atoms with E-state index >= 15 is 0 Å². The van der Waals surface area contributed by atoms with Crippen molar-refractivity contribution in [2.24, 2.45) is 13.0 Å². The number of aryl methyl sites for hydroxylation is 2. The molecule has 0 bridgehead atoms. The van der Waals surface area contributed by atoms with E-state index in [1.165, 1.54) is 21.2 Å². The molecule has 178 valence electrons. The van der Waals surface area contributed by atoms with Crippen LogP contribution in [0, 0.1) is 19.8 Å². The minimum atomic E-state index is -1.08. The quantitative estimate of drug-likeness (QED) is 0.448. The van der Waals surface area contributed by atoms with Crippen LogP contribution in [0.15, 0.2) is 9.59 Å². The van der Waals surface area contributed by atoms with Gasteiger partial charge in [0, 0.05) is 36.3 Å². The molecule has 0 aromatic carbocycles. The van der Waals surface area contributed by atoms with Gasteiger partial charge in [0.2, 0.25) is 0 Å². The molecule has 33 heavy (non-hydrogen) atoms. The van der Waals surface area contributed by atoms with Crippen LogP contribution < -0.4 is 11.2 Å². The van der Waals surface area contributed by atoms with Crippen LogP contribution in [0.5, 0.6) is 0 Å². The fourth-order valence-electron chi connectivity index (χ4n) is 4.22. The molecule has 3 heterocycles. The zero-order chi connectivity index (χ0) is 24.8. The Morgan fingerprint density at radius 3 is 2.33 bits per heavy atom. The molecule has 1 amide bonds.